The fourth-order valence-corrected chi connectivity index (χ4v) is 4.91. The maximum atomic E-state index is 13.6. The lowest BCUT2D eigenvalue weighted by Gasteiger charge is -2.23. The SMILES string of the molecule is CC1(CNS(=O)(=O)c2cc(C(N)=O)c(F)cc2Br)CCCC1. The molecule has 0 unspecified atom stereocenters. The molecule has 22 heavy (non-hydrogen) atoms. The van der Waals surface area contributed by atoms with Crippen molar-refractivity contribution in [2.45, 2.75) is 37.5 Å². The first-order valence-electron chi connectivity index (χ1n) is 6.93. The van der Waals surface area contributed by atoms with Crippen molar-refractivity contribution in [1.29, 1.82) is 0 Å². The van der Waals surface area contributed by atoms with Crippen LogP contribution in [0.5, 0.6) is 0 Å². The van der Waals surface area contributed by atoms with Crippen molar-refractivity contribution < 1.29 is 17.6 Å². The molecule has 3 N–H and O–H groups in total. The van der Waals surface area contributed by atoms with Gasteiger partial charge in [0, 0.05) is 11.0 Å². The first-order valence-corrected chi connectivity index (χ1v) is 9.21. The molecule has 1 saturated carbocycles. The molecule has 0 atom stereocenters. The quantitative estimate of drug-likeness (QED) is 0.806. The number of sulfonamides is 1. The summed E-state index contributed by atoms with van der Waals surface area (Å²) < 4.78 is 41.1. The summed E-state index contributed by atoms with van der Waals surface area (Å²) in [6, 6.07) is 1.90. The summed E-state index contributed by atoms with van der Waals surface area (Å²) in [5, 5.41) is 0. The Kier molecular flexibility index (Phi) is 4.93. The van der Waals surface area contributed by atoms with Crippen LogP contribution in [0.3, 0.4) is 0 Å². The average Bonchev–Trinajstić information content (AvgIpc) is 2.83. The van der Waals surface area contributed by atoms with Gasteiger partial charge in [-0.3, -0.25) is 4.79 Å². The molecule has 1 aliphatic carbocycles. The number of nitrogens with two attached hydrogens (primary N) is 1. The maximum Gasteiger partial charge on any atom is 0.251 e. The van der Waals surface area contributed by atoms with Gasteiger partial charge in [0.1, 0.15) is 5.82 Å². The number of carbonyl (C=O) groups excluding carboxylic acids is 1. The highest BCUT2D eigenvalue weighted by molar-refractivity contribution is 9.10. The predicted octanol–water partition coefficient (Wildman–Crippen LogP) is 2.55. The molecule has 1 aromatic carbocycles. The van der Waals surface area contributed by atoms with Crippen molar-refractivity contribution in [3.05, 3.63) is 28.0 Å². The third-order valence-corrected chi connectivity index (χ3v) is 6.44. The number of benzene rings is 1. The van der Waals surface area contributed by atoms with Crippen molar-refractivity contribution in [1.82, 2.24) is 4.72 Å². The van der Waals surface area contributed by atoms with E-state index in [0.29, 0.717) is 6.54 Å². The van der Waals surface area contributed by atoms with Gasteiger partial charge in [-0.25, -0.2) is 17.5 Å². The Morgan fingerprint density at radius 2 is 2.00 bits per heavy atom. The van der Waals surface area contributed by atoms with Crippen molar-refractivity contribution >= 4 is 31.9 Å². The second-order valence-corrected chi connectivity index (χ2v) is 8.56. The molecule has 1 fully saturated rings. The first-order chi connectivity index (χ1) is 10.1. The van der Waals surface area contributed by atoms with Crippen LogP contribution in [0.4, 0.5) is 4.39 Å². The smallest absolute Gasteiger partial charge is 0.251 e. The third kappa shape index (κ3) is 3.67. The Labute approximate surface area is 137 Å². The topological polar surface area (TPSA) is 89.3 Å². The van der Waals surface area contributed by atoms with Crippen LogP contribution in [0.1, 0.15) is 43.0 Å². The number of primary amides is 1. The van der Waals surface area contributed by atoms with E-state index in [4.69, 9.17) is 5.73 Å². The van der Waals surface area contributed by atoms with Crippen LogP contribution >= 0.6 is 15.9 Å². The molecule has 0 saturated heterocycles. The fourth-order valence-electron chi connectivity index (χ4n) is 2.68. The van der Waals surface area contributed by atoms with Crippen LogP contribution in [0.15, 0.2) is 21.5 Å². The van der Waals surface area contributed by atoms with Crippen LogP contribution < -0.4 is 10.5 Å². The van der Waals surface area contributed by atoms with E-state index >= 15 is 0 Å². The van der Waals surface area contributed by atoms with Gasteiger partial charge in [-0.05, 0) is 46.3 Å². The molecule has 1 aromatic rings. The first kappa shape index (κ1) is 17.4. The zero-order valence-corrected chi connectivity index (χ0v) is 14.6. The number of halogens is 2. The highest BCUT2D eigenvalue weighted by Crippen LogP contribution is 2.37. The second-order valence-electron chi connectivity index (χ2n) is 5.97. The van der Waals surface area contributed by atoms with E-state index in [9.17, 15) is 17.6 Å². The minimum atomic E-state index is -3.86. The Hall–Kier alpha value is -0.990. The lowest BCUT2D eigenvalue weighted by molar-refractivity contribution is 0.0996. The van der Waals surface area contributed by atoms with Crippen molar-refractivity contribution in [3.63, 3.8) is 0 Å². The van der Waals surface area contributed by atoms with Gasteiger partial charge in [0.2, 0.25) is 10.0 Å². The van der Waals surface area contributed by atoms with Gasteiger partial charge in [-0.1, -0.05) is 19.8 Å². The number of nitrogens with one attached hydrogen (secondary N) is 1. The average molecular weight is 393 g/mol. The maximum absolute atomic E-state index is 13.6. The summed E-state index contributed by atoms with van der Waals surface area (Å²) >= 11 is 3.02. The van der Waals surface area contributed by atoms with E-state index in [0.717, 1.165) is 37.8 Å². The normalized spacial score (nSPS) is 17.6. The van der Waals surface area contributed by atoms with Crippen molar-refractivity contribution in [2.24, 2.45) is 11.1 Å². The number of hydrogen-bond donors (Lipinski definition) is 2. The van der Waals surface area contributed by atoms with Crippen molar-refractivity contribution in [2.75, 3.05) is 6.54 Å². The molecule has 2 rings (SSSR count). The number of carbonyl (C=O) groups is 1. The monoisotopic (exact) mass is 392 g/mol. The largest absolute Gasteiger partial charge is 0.366 e. The zero-order chi connectivity index (χ0) is 16.5. The van der Waals surface area contributed by atoms with Gasteiger partial charge in [0.15, 0.2) is 0 Å². The Morgan fingerprint density at radius 1 is 1.41 bits per heavy atom. The van der Waals surface area contributed by atoms with Crippen LogP contribution in [0.25, 0.3) is 0 Å². The molecule has 1 aliphatic rings. The van der Waals surface area contributed by atoms with E-state index in [1.807, 2.05) is 6.92 Å². The summed E-state index contributed by atoms with van der Waals surface area (Å²) in [4.78, 5) is 11.0. The molecule has 0 heterocycles. The van der Waals surface area contributed by atoms with Gasteiger partial charge >= 0.3 is 0 Å². The summed E-state index contributed by atoms with van der Waals surface area (Å²) in [5.74, 6) is -1.87. The Bertz CT molecular complexity index is 700. The fraction of sp³-hybridized carbons (Fsp3) is 0.500. The summed E-state index contributed by atoms with van der Waals surface area (Å²) in [7, 11) is -3.86. The molecule has 0 radical (unpaired) electrons. The molecule has 0 aliphatic heterocycles. The van der Waals surface area contributed by atoms with E-state index in [1.54, 1.807) is 0 Å². The van der Waals surface area contributed by atoms with E-state index in [-0.39, 0.29) is 14.8 Å². The van der Waals surface area contributed by atoms with Gasteiger partial charge < -0.3 is 5.73 Å². The molecular formula is C14H18BrFN2O3S. The standard InChI is InChI=1S/C14H18BrFN2O3S/c1-14(4-2-3-5-14)8-18-22(20,21)12-6-9(13(17)19)11(16)7-10(12)15/h6-7,18H,2-5,8H2,1H3,(H2,17,19). The number of hydrogen-bond acceptors (Lipinski definition) is 3. The van der Waals surface area contributed by atoms with Crippen LogP contribution in [0.2, 0.25) is 0 Å². The third-order valence-electron chi connectivity index (χ3n) is 4.08. The van der Waals surface area contributed by atoms with E-state index in [2.05, 4.69) is 20.7 Å². The highest BCUT2D eigenvalue weighted by Gasteiger charge is 2.31. The minimum absolute atomic E-state index is 0.0547. The molecule has 0 bridgehead atoms. The van der Waals surface area contributed by atoms with Crippen molar-refractivity contribution in [3.8, 4) is 0 Å². The molecular weight excluding hydrogens is 375 g/mol. The van der Waals surface area contributed by atoms with Gasteiger partial charge in [0.25, 0.3) is 5.91 Å². The Morgan fingerprint density at radius 3 is 2.55 bits per heavy atom. The Balaban J connectivity index is 2.29. The predicted molar refractivity (Wildman–Crippen MR) is 84.4 cm³/mol. The molecule has 0 spiro atoms. The van der Waals surface area contributed by atoms with Gasteiger partial charge in [-0.15, -0.1) is 0 Å². The summed E-state index contributed by atoms with van der Waals surface area (Å²) in [6.07, 6.45) is 4.11. The second kappa shape index (κ2) is 6.25. The zero-order valence-electron chi connectivity index (χ0n) is 12.2. The lowest BCUT2D eigenvalue weighted by Crippen LogP contribution is -2.34. The molecule has 0 aromatic heterocycles. The summed E-state index contributed by atoms with van der Waals surface area (Å²) in [6.45, 7) is 2.35. The minimum Gasteiger partial charge on any atom is -0.366 e. The number of amides is 1. The highest BCUT2D eigenvalue weighted by atomic mass is 79.9. The van der Waals surface area contributed by atoms with Crippen LogP contribution in [-0.4, -0.2) is 20.9 Å². The molecule has 5 nitrogen and oxygen atoms in total. The van der Waals surface area contributed by atoms with E-state index < -0.39 is 27.3 Å². The van der Waals surface area contributed by atoms with E-state index in [1.165, 1.54) is 0 Å². The summed E-state index contributed by atoms with van der Waals surface area (Å²) in [5.41, 5.74) is 4.55. The number of rotatable bonds is 5. The van der Waals surface area contributed by atoms with Crippen LogP contribution in [0, 0.1) is 11.2 Å². The molecule has 8 heteroatoms. The van der Waals surface area contributed by atoms with Gasteiger partial charge in [0.05, 0.1) is 10.5 Å². The van der Waals surface area contributed by atoms with Gasteiger partial charge in [-0.2, -0.15) is 0 Å². The lowest BCUT2D eigenvalue weighted by atomic mass is 9.89. The van der Waals surface area contributed by atoms with Crippen LogP contribution in [-0.2, 0) is 10.0 Å². The molecule has 1 amide bonds. The molecule has 122 valence electrons.